The van der Waals surface area contributed by atoms with Gasteiger partial charge in [0.25, 0.3) is 0 Å². The predicted molar refractivity (Wildman–Crippen MR) is 79.7 cm³/mol. The van der Waals surface area contributed by atoms with Crippen LogP contribution in [0.5, 0.6) is 0 Å². The minimum atomic E-state index is 0.431. The molecule has 2 aromatic rings. The summed E-state index contributed by atoms with van der Waals surface area (Å²) in [4.78, 5) is 0. The minimum Gasteiger partial charge on any atom is -0.324 e. The van der Waals surface area contributed by atoms with E-state index in [1.165, 1.54) is 5.56 Å². The molecule has 0 spiro atoms. The van der Waals surface area contributed by atoms with Gasteiger partial charge in [0.2, 0.25) is 0 Å². The standard InChI is InChI=1S/C14H19BrN4/c1-10(2)9-19-13(17-18-14(19)8-16)7-11-3-5-12(15)6-4-11/h3-6,10H,7-9,16H2,1-2H3. The Morgan fingerprint density at radius 2 is 1.79 bits per heavy atom. The highest BCUT2D eigenvalue weighted by Crippen LogP contribution is 2.15. The average molecular weight is 323 g/mol. The number of halogens is 1. The van der Waals surface area contributed by atoms with Gasteiger partial charge in [-0.1, -0.05) is 41.9 Å². The number of nitrogens with two attached hydrogens (primary N) is 1. The van der Waals surface area contributed by atoms with Crippen molar-refractivity contribution in [2.45, 2.75) is 33.4 Å². The van der Waals surface area contributed by atoms with E-state index in [2.05, 4.69) is 56.7 Å². The van der Waals surface area contributed by atoms with Crippen molar-refractivity contribution in [2.24, 2.45) is 11.7 Å². The van der Waals surface area contributed by atoms with Crippen LogP contribution in [-0.4, -0.2) is 14.8 Å². The summed E-state index contributed by atoms with van der Waals surface area (Å²) in [6, 6.07) is 8.28. The highest BCUT2D eigenvalue weighted by Gasteiger charge is 2.12. The Balaban J connectivity index is 2.24. The quantitative estimate of drug-likeness (QED) is 0.920. The molecule has 5 heteroatoms. The van der Waals surface area contributed by atoms with Crippen LogP contribution in [0.4, 0.5) is 0 Å². The lowest BCUT2D eigenvalue weighted by atomic mass is 10.1. The fraction of sp³-hybridized carbons (Fsp3) is 0.429. The van der Waals surface area contributed by atoms with Crippen molar-refractivity contribution in [3.63, 3.8) is 0 Å². The van der Waals surface area contributed by atoms with E-state index in [-0.39, 0.29) is 0 Å². The lowest BCUT2D eigenvalue weighted by Gasteiger charge is -2.12. The normalized spacial score (nSPS) is 11.2. The van der Waals surface area contributed by atoms with Crippen LogP contribution in [0.1, 0.15) is 31.1 Å². The van der Waals surface area contributed by atoms with Crippen molar-refractivity contribution in [2.75, 3.05) is 0 Å². The number of hydrogen-bond donors (Lipinski definition) is 1. The van der Waals surface area contributed by atoms with Gasteiger partial charge in [-0.3, -0.25) is 0 Å². The predicted octanol–water partition coefficient (Wildman–Crippen LogP) is 2.75. The second kappa shape index (κ2) is 6.30. The van der Waals surface area contributed by atoms with Crippen molar-refractivity contribution in [3.8, 4) is 0 Å². The molecule has 0 atom stereocenters. The van der Waals surface area contributed by atoms with Crippen LogP contribution in [0.15, 0.2) is 28.7 Å². The average Bonchev–Trinajstić information content (AvgIpc) is 2.74. The van der Waals surface area contributed by atoms with Crippen LogP contribution in [0.2, 0.25) is 0 Å². The molecule has 0 saturated heterocycles. The summed E-state index contributed by atoms with van der Waals surface area (Å²) < 4.78 is 3.23. The highest BCUT2D eigenvalue weighted by atomic mass is 79.9. The molecule has 0 fully saturated rings. The first kappa shape index (κ1) is 14.2. The molecule has 0 amide bonds. The lowest BCUT2D eigenvalue weighted by Crippen LogP contribution is -2.14. The minimum absolute atomic E-state index is 0.431. The van der Waals surface area contributed by atoms with Gasteiger partial charge in [-0.15, -0.1) is 10.2 Å². The molecule has 0 radical (unpaired) electrons. The molecule has 0 unspecified atom stereocenters. The van der Waals surface area contributed by atoms with Crippen LogP contribution < -0.4 is 5.73 Å². The first-order valence-electron chi connectivity index (χ1n) is 6.45. The molecule has 1 heterocycles. The molecule has 2 N–H and O–H groups in total. The second-order valence-electron chi connectivity index (χ2n) is 5.04. The van der Waals surface area contributed by atoms with Crippen LogP contribution in [-0.2, 0) is 19.5 Å². The SMILES string of the molecule is CC(C)Cn1c(CN)nnc1Cc1ccc(Br)cc1. The number of hydrogen-bond acceptors (Lipinski definition) is 3. The summed E-state index contributed by atoms with van der Waals surface area (Å²) in [5.74, 6) is 2.39. The van der Waals surface area contributed by atoms with Crippen molar-refractivity contribution in [1.29, 1.82) is 0 Å². The molecule has 0 aliphatic heterocycles. The van der Waals surface area contributed by atoms with E-state index in [1.807, 2.05) is 12.1 Å². The van der Waals surface area contributed by atoms with Crippen LogP contribution in [0.25, 0.3) is 0 Å². The zero-order valence-electron chi connectivity index (χ0n) is 11.3. The largest absolute Gasteiger partial charge is 0.324 e. The Hall–Kier alpha value is -1.20. The Kier molecular flexibility index (Phi) is 4.71. The Morgan fingerprint density at radius 1 is 1.16 bits per heavy atom. The van der Waals surface area contributed by atoms with Gasteiger partial charge in [-0.05, 0) is 23.6 Å². The van der Waals surface area contributed by atoms with E-state index in [0.29, 0.717) is 12.5 Å². The summed E-state index contributed by atoms with van der Waals surface area (Å²) in [5.41, 5.74) is 6.95. The van der Waals surface area contributed by atoms with Crippen molar-refractivity contribution >= 4 is 15.9 Å². The zero-order chi connectivity index (χ0) is 13.8. The van der Waals surface area contributed by atoms with Gasteiger partial charge in [0, 0.05) is 17.4 Å². The topological polar surface area (TPSA) is 56.7 Å². The number of aromatic nitrogens is 3. The molecule has 0 aliphatic carbocycles. The van der Waals surface area contributed by atoms with Gasteiger partial charge in [-0.2, -0.15) is 0 Å². The number of rotatable bonds is 5. The van der Waals surface area contributed by atoms with E-state index in [4.69, 9.17) is 5.73 Å². The van der Waals surface area contributed by atoms with Gasteiger partial charge < -0.3 is 10.3 Å². The molecule has 19 heavy (non-hydrogen) atoms. The van der Waals surface area contributed by atoms with E-state index < -0.39 is 0 Å². The van der Waals surface area contributed by atoms with E-state index >= 15 is 0 Å². The van der Waals surface area contributed by atoms with Gasteiger partial charge in [0.05, 0.1) is 6.54 Å². The summed E-state index contributed by atoms with van der Waals surface area (Å²) >= 11 is 3.44. The van der Waals surface area contributed by atoms with Gasteiger partial charge >= 0.3 is 0 Å². The van der Waals surface area contributed by atoms with Crippen molar-refractivity contribution in [3.05, 3.63) is 46.0 Å². The number of benzene rings is 1. The Bertz CT molecular complexity index is 531. The van der Waals surface area contributed by atoms with Gasteiger partial charge in [0.15, 0.2) is 0 Å². The van der Waals surface area contributed by atoms with Crippen LogP contribution in [0.3, 0.4) is 0 Å². The monoisotopic (exact) mass is 322 g/mol. The van der Waals surface area contributed by atoms with Gasteiger partial charge in [-0.25, -0.2) is 0 Å². The fourth-order valence-corrected chi connectivity index (χ4v) is 2.28. The molecular formula is C14H19BrN4. The molecule has 0 aliphatic rings. The van der Waals surface area contributed by atoms with Crippen molar-refractivity contribution in [1.82, 2.24) is 14.8 Å². The molecular weight excluding hydrogens is 304 g/mol. The maximum atomic E-state index is 5.72. The summed E-state index contributed by atoms with van der Waals surface area (Å²) in [7, 11) is 0. The summed E-state index contributed by atoms with van der Waals surface area (Å²) in [5, 5.41) is 8.46. The zero-order valence-corrected chi connectivity index (χ0v) is 12.9. The first-order chi connectivity index (χ1) is 9.10. The van der Waals surface area contributed by atoms with E-state index in [1.54, 1.807) is 0 Å². The fourth-order valence-electron chi connectivity index (χ4n) is 2.01. The molecule has 0 bridgehead atoms. The first-order valence-corrected chi connectivity index (χ1v) is 7.25. The van der Waals surface area contributed by atoms with E-state index in [9.17, 15) is 0 Å². The third-order valence-corrected chi connectivity index (χ3v) is 3.44. The molecule has 1 aromatic heterocycles. The molecule has 2 rings (SSSR count). The maximum Gasteiger partial charge on any atom is 0.146 e. The van der Waals surface area contributed by atoms with E-state index in [0.717, 1.165) is 29.1 Å². The smallest absolute Gasteiger partial charge is 0.146 e. The molecule has 0 saturated carbocycles. The molecule has 4 nitrogen and oxygen atoms in total. The Labute approximate surface area is 122 Å². The second-order valence-corrected chi connectivity index (χ2v) is 5.96. The van der Waals surface area contributed by atoms with Crippen LogP contribution in [0, 0.1) is 5.92 Å². The maximum absolute atomic E-state index is 5.72. The lowest BCUT2D eigenvalue weighted by molar-refractivity contribution is 0.495. The highest BCUT2D eigenvalue weighted by molar-refractivity contribution is 9.10. The third kappa shape index (κ3) is 3.64. The Morgan fingerprint density at radius 3 is 2.37 bits per heavy atom. The molecule has 1 aromatic carbocycles. The van der Waals surface area contributed by atoms with Crippen molar-refractivity contribution < 1.29 is 0 Å². The number of nitrogens with zero attached hydrogens (tertiary/aromatic N) is 3. The summed E-state index contributed by atoms with van der Waals surface area (Å²) in [6.45, 7) is 5.71. The third-order valence-electron chi connectivity index (χ3n) is 2.91. The van der Waals surface area contributed by atoms with Crippen LogP contribution >= 0.6 is 15.9 Å². The molecule has 102 valence electrons. The van der Waals surface area contributed by atoms with Gasteiger partial charge in [0.1, 0.15) is 11.6 Å². The summed E-state index contributed by atoms with van der Waals surface area (Å²) in [6.07, 6.45) is 0.785.